The van der Waals surface area contributed by atoms with Crippen molar-refractivity contribution >= 4 is 45.8 Å². The molecule has 3 aromatic carbocycles. The first kappa shape index (κ1) is 22.9. The number of rotatable bonds is 6. The van der Waals surface area contributed by atoms with Crippen LogP contribution in [0.25, 0.3) is 22.2 Å². The molecule has 0 aliphatic carbocycles. The minimum Gasteiger partial charge on any atom is -0.504 e. The monoisotopic (exact) mass is 480 g/mol. The molecular weight excluding hydrogens is 456 g/mol. The Morgan fingerprint density at radius 1 is 1.11 bits per heavy atom. The Hall–Kier alpha value is -4.92. The predicted molar refractivity (Wildman–Crippen MR) is 141 cm³/mol. The molecule has 0 saturated carbocycles. The van der Waals surface area contributed by atoms with Crippen molar-refractivity contribution in [2.75, 3.05) is 17.7 Å². The second-order valence-electron chi connectivity index (χ2n) is 8.18. The summed E-state index contributed by atoms with van der Waals surface area (Å²) in [7, 11) is 0. The first-order valence-electron chi connectivity index (χ1n) is 11.4. The van der Waals surface area contributed by atoms with Gasteiger partial charge in [0.2, 0.25) is 0 Å². The van der Waals surface area contributed by atoms with Crippen LogP contribution in [-0.2, 0) is 0 Å². The third kappa shape index (κ3) is 4.29. The lowest BCUT2D eigenvalue weighted by Crippen LogP contribution is -2.14. The van der Waals surface area contributed by atoms with Gasteiger partial charge in [-0.25, -0.2) is 9.97 Å². The van der Waals surface area contributed by atoms with Crippen molar-refractivity contribution in [3.63, 3.8) is 0 Å². The molecule has 4 N–H and O–H groups in total. The highest BCUT2D eigenvalue weighted by Gasteiger charge is 2.24. The van der Waals surface area contributed by atoms with Crippen LogP contribution in [0, 0.1) is 6.92 Å². The highest BCUT2D eigenvalue weighted by Crippen LogP contribution is 2.30. The lowest BCUT2D eigenvalue weighted by Gasteiger charge is -2.07. The summed E-state index contributed by atoms with van der Waals surface area (Å²) < 4.78 is 6.85. The Bertz CT molecular complexity index is 1640. The third-order valence-electron chi connectivity index (χ3n) is 5.58. The van der Waals surface area contributed by atoms with E-state index in [4.69, 9.17) is 20.4 Å². The number of anilines is 2. The molecule has 9 nitrogen and oxygen atoms in total. The molecule has 0 radical (unpaired) electrons. The number of aryl methyl sites for hydroxylation is 1. The molecule has 0 spiro atoms. The molecule has 0 saturated heterocycles. The van der Waals surface area contributed by atoms with Gasteiger partial charge in [0.25, 0.3) is 5.91 Å². The predicted octanol–water partition coefficient (Wildman–Crippen LogP) is 4.71. The SMILES string of the molecule is CCOc1cc(/C=N\n2c(N)c(C(=O)Nc3cccc(C)c3)c3nc4ccccc4nc32)ccc1O. The van der Waals surface area contributed by atoms with Crippen molar-refractivity contribution in [1.82, 2.24) is 14.6 Å². The van der Waals surface area contributed by atoms with Crippen molar-refractivity contribution in [3.8, 4) is 11.5 Å². The molecule has 2 aromatic heterocycles. The van der Waals surface area contributed by atoms with Gasteiger partial charge in [-0.1, -0.05) is 24.3 Å². The minimum atomic E-state index is -0.412. The molecule has 0 bridgehead atoms. The van der Waals surface area contributed by atoms with Crippen molar-refractivity contribution in [2.24, 2.45) is 5.10 Å². The quantitative estimate of drug-likeness (QED) is 0.302. The van der Waals surface area contributed by atoms with Gasteiger partial charge < -0.3 is 20.9 Å². The van der Waals surface area contributed by atoms with Crippen LogP contribution in [0.1, 0.15) is 28.4 Å². The van der Waals surface area contributed by atoms with Crippen LogP contribution in [0.3, 0.4) is 0 Å². The number of carbonyl (C=O) groups is 1. The maximum absolute atomic E-state index is 13.4. The molecule has 0 aliphatic heterocycles. The number of ether oxygens (including phenoxy) is 1. The topological polar surface area (TPSA) is 128 Å². The van der Waals surface area contributed by atoms with Crippen LogP contribution in [0.15, 0.2) is 71.8 Å². The van der Waals surface area contributed by atoms with Gasteiger partial charge in [0.1, 0.15) is 16.9 Å². The summed E-state index contributed by atoms with van der Waals surface area (Å²) in [5.74, 6) is 0.0681. The van der Waals surface area contributed by atoms with E-state index in [0.29, 0.717) is 45.8 Å². The Balaban J connectivity index is 1.63. The molecule has 5 rings (SSSR count). The summed E-state index contributed by atoms with van der Waals surface area (Å²) in [6, 6.07) is 19.7. The zero-order valence-corrected chi connectivity index (χ0v) is 19.8. The zero-order chi connectivity index (χ0) is 25.2. The van der Waals surface area contributed by atoms with Gasteiger partial charge in [-0.15, -0.1) is 0 Å². The van der Waals surface area contributed by atoms with Gasteiger partial charge in [-0.3, -0.25) is 4.79 Å². The molecule has 0 atom stereocenters. The Kier molecular flexibility index (Phi) is 5.95. The fourth-order valence-corrected chi connectivity index (χ4v) is 3.91. The summed E-state index contributed by atoms with van der Waals surface area (Å²) in [5.41, 5.74) is 10.9. The molecule has 0 unspecified atom stereocenters. The van der Waals surface area contributed by atoms with E-state index in [1.165, 1.54) is 10.7 Å². The molecule has 5 aromatic rings. The Morgan fingerprint density at radius 2 is 1.89 bits per heavy atom. The van der Waals surface area contributed by atoms with E-state index in [1.54, 1.807) is 24.4 Å². The maximum atomic E-state index is 13.4. The average Bonchev–Trinajstić information content (AvgIpc) is 3.13. The van der Waals surface area contributed by atoms with Crippen LogP contribution in [0.4, 0.5) is 11.5 Å². The van der Waals surface area contributed by atoms with Crippen molar-refractivity contribution in [2.45, 2.75) is 13.8 Å². The number of nitrogens with two attached hydrogens (primary N) is 1. The van der Waals surface area contributed by atoms with Gasteiger partial charge in [0.05, 0.1) is 23.9 Å². The number of para-hydroxylation sites is 2. The van der Waals surface area contributed by atoms with E-state index in [9.17, 15) is 9.90 Å². The molecule has 0 fully saturated rings. The first-order valence-corrected chi connectivity index (χ1v) is 11.4. The van der Waals surface area contributed by atoms with E-state index >= 15 is 0 Å². The van der Waals surface area contributed by atoms with Crippen molar-refractivity contribution in [1.29, 1.82) is 0 Å². The van der Waals surface area contributed by atoms with Crippen molar-refractivity contribution in [3.05, 3.63) is 83.4 Å². The number of phenolic OH excluding ortho intramolecular Hbond substituents is 1. The normalized spacial score (nSPS) is 11.4. The van der Waals surface area contributed by atoms with Gasteiger partial charge in [0.15, 0.2) is 17.1 Å². The number of nitrogens with zero attached hydrogens (tertiary/aromatic N) is 4. The highest BCUT2D eigenvalue weighted by atomic mass is 16.5. The molecule has 2 heterocycles. The van der Waals surface area contributed by atoms with Gasteiger partial charge >= 0.3 is 0 Å². The van der Waals surface area contributed by atoms with Crippen LogP contribution in [0.2, 0.25) is 0 Å². The number of fused-ring (bicyclic) bond motifs is 2. The van der Waals surface area contributed by atoms with E-state index in [1.807, 2.05) is 56.3 Å². The smallest absolute Gasteiger partial charge is 0.261 e. The Labute approximate surface area is 206 Å². The number of carbonyl (C=O) groups excluding carboxylic acids is 1. The van der Waals surface area contributed by atoms with Crippen LogP contribution in [-0.4, -0.2) is 38.5 Å². The van der Waals surface area contributed by atoms with Crippen LogP contribution < -0.4 is 15.8 Å². The second-order valence-corrected chi connectivity index (χ2v) is 8.18. The van der Waals surface area contributed by atoms with Gasteiger partial charge in [0, 0.05) is 5.69 Å². The lowest BCUT2D eigenvalue weighted by atomic mass is 10.2. The average molecular weight is 481 g/mol. The summed E-state index contributed by atoms with van der Waals surface area (Å²) in [5, 5.41) is 17.4. The number of phenols is 1. The summed E-state index contributed by atoms with van der Waals surface area (Å²) in [6.07, 6.45) is 1.55. The number of hydrogen-bond donors (Lipinski definition) is 3. The molecule has 9 heteroatoms. The van der Waals surface area contributed by atoms with E-state index in [2.05, 4.69) is 10.4 Å². The Morgan fingerprint density at radius 3 is 2.64 bits per heavy atom. The summed E-state index contributed by atoms with van der Waals surface area (Å²) in [6.45, 7) is 4.19. The lowest BCUT2D eigenvalue weighted by molar-refractivity contribution is 0.102. The largest absolute Gasteiger partial charge is 0.504 e. The number of nitrogens with one attached hydrogen (secondary N) is 1. The number of nitrogen functional groups attached to an aromatic ring is 1. The zero-order valence-electron chi connectivity index (χ0n) is 19.8. The minimum absolute atomic E-state index is 0.0346. The third-order valence-corrected chi connectivity index (χ3v) is 5.58. The number of aromatic hydroxyl groups is 1. The van der Waals surface area contributed by atoms with E-state index < -0.39 is 5.91 Å². The standard InChI is InChI=1S/C27H24N6O3/c1-3-36-22-14-17(11-12-21(22)34)15-29-33-25(28)23(27(35)30-18-8-6-7-16(2)13-18)24-26(33)32-20-10-5-4-9-19(20)31-24/h4-15,34H,3,28H2,1-2H3,(H,30,35)/b29-15-. The van der Waals surface area contributed by atoms with Crippen molar-refractivity contribution < 1.29 is 14.6 Å². The number of hydrogen-bond acceptors (Lipinski definition) is 7. The highest BCUT2D eigenvalue weighted by molar-refractivity contribution is 6.16. The summed E-state index contributed by atoms with van der Waals surface area (Å²) >= 11 is 0. The number of benzene rings is 3. The van der Waals surface area contributed by atoms with Crippen LogP contribution >= 0.6 is 0 Å². The van der Waals surface area contributed by atoms with Crippen LogP contribution in [0.5, 0.6) is 11.5 Å². The van der Waals surface area contributed by atoms with E-state index in [0.717, 1.165) is 5.56 Å². The maximum Gasteiger partial charge on any atom is 0.261 e. The summed E-state index contributed by atoms with van der Waals surface area (Å²) in [4.78, 5) is 22.8. The number of aromatic nitrogens is 3. The molecule has 0 aliphatic rings. The van der Waals surface area contributed by atoms with Gasteiger partial charge in [-0.2, -0.15) is 9.78 Å². The number of amides is 1. The molecular formula is C27H24N6O3. The fourth-order valence-electron chi connectivity index (χ4n) is 3.91. The first-order chi connectivity index (χ1) is 17.4. The molecule has 36 heavy (non-hydrogen) atoms. The van der Waals surface area contributed by atoms with E-state index in [-0.39, 0.29) is 17.1 Å². The molecule has 1 amide bonds. The molecule has 180 valence electrons. The fraction of sp³-hybridized carbons (Fsp3) is 0.111. The van der Waals surface area contributed by atoms with Gasteiger partial charge in [-0.05, 0) is 67.4 Å². The second kappa shape index (κ2) is 9.38.